The van der Waals surface area contributed by atoms with Crippen LogP contribution in [0.1, 0.15) is 123 Å². The minimum absolute atomic E-state index is 0. The topological polar surface area (TPSA) is 0 Å². The van der Waals surface area contributed by atoms with Gasteiger partial charge in [-0.25, -0.2) is 0 Å². The predicted octanol–water partition coefficient (Wildman–Crippen LogP) is 5.29. The maximum atomic E-state index is 3.94. The zero-order valence-corrected chi connectivity index (χ0v) is 20.0. The molecule has 0 aliphatic heterocycles. The van der Waals surface area contributed by atoms with Crippen LogP contribution in [-0.2, 0) is 0 Å². The number of halogens is 1. The van der Waals surface area contributed by atoms with Crippen molar-refractivity contribution < 1.29 is 16.9 Å². The minimum Gasteiger partial charge on any atom is -1.00 e. The van der Waals surface area contributed by atoms with Crippen LogP contribution < -0.4 is 12.4 Å². The van der Waals surface area contributed by atoms with Crippen LogP contribution in [0.25, 0.3) is 0 Å². The third-order valence-corrected chi connectivity index (χ3v) is 5.98. The van der Waals surface area contributed by atoms with Gasteiger partial charge in [0.25, 0.3) is 0 Å². The standard InChI is InChI=1S/C25H52N.ClH/c1-5-8-11-13-15-17-19-21-24-26(4,23-10-7-3)25-22-20-18-16-14-12-9-6-2;/h7H,3,5-6,8-25H2,1-2,4H3;1H/q+1;/p-1. The van der Waals surface area contributed by atoms with Crippen molar-refractivity contribution >= 4 is 0 Å². The molecular weight excluding hydrogens is 350 g/mol. The second kappa shape index (κ2) is 22.3. The summed E-state index contributed by atoms with van der Waals surface area (Å²) in [5.74, 6) is 0. The number of nitrogens with zero attached hydrogens (tertiary/aromatic N) is 1. The van der Waals surface area contributed by atoms with Gasteiger partial charge in [0, 0.05) is 6.42 Å². The molecule has 1 nitrogen and oxygen atoms in total. The molecule has 0 heterocycles. The van der Waals surface area contributed by atoms with Crippen molar-refractivity contribution in [2.24, 2.45) is 0 Å². The van der Waals surface area contributed by atoms with Crippen LogP contribution in [0.15, 0.2) is 12.7 Å². The third-order valence-electron chi connectivity index (χ3n) is 5.98. The number of unbranched alkanes of at least 4 members (excludes halogenated alkanes) is 14. The SMILES string of the molecule is C=CCC[N+](C)(CCCCCCCCCC)CCCCCCCCCC.[Cl-]. The smallest absolute Gasteiger partial charge is 0.0819 e. The molecule has 0 rings (SSSR count). The third kappa shape index (κ3) is 20.5. The molecule has 2 heteroatoms. The molecular formula is C25H52ClN. The number of hydrogen-bond acceptors (Lipinski definition) is 0. The Morgan fingerprint density at radius 1 is 0.556 bits per heavy atom. The number of quaternary nitrogens is 1. The van der Waals surface area contributed by atoms with Gasteiger partial charge in [0.1, 0.15) is 0 Å². The fraction of sp³-hybridized carbons (Fsp3) is 0.920. The predicted molar refractivity (Wildman–Crippen MR) is 121 cm³/mol. The van der Waals surface area contributed by atoms with Crippen molar-refractivity contribution in [3.63, 3.8) is 0 Å². The monoisotopic (exact) mass is 401 g/mol. The summed E-state index contributed by atoms with van der Waals surface area (Å²) >= 11 is 0. The average Bonchev–Trinajstić information content (AvgIpc) is 2.64. The normalized spacial score (nSPS) is 11.4. The highest BCUT2D eigenvalue weighted by atomic mass is 35.5. The Hall–Kier alpha value is -0.0100. The van der Waals surface area contributed by atoms with Gasteiger partial charge in [-0.2, -0.15) is 0 Å². The molecule has 0 aromatic rings. The van der Waals surface area contributed by atoms with Gasteiger partial charge >= 0.3 is 0 Å². The van der Waals surface area contributed by atoms with E-state index in [4.69, 9.17) is 0 Å². The van der Waals surface area contributed by atoms with Crippen LogP contribution in [-0.4, -0.2) is 31.2 Å². The molecule has 0 aliphatic rings. The van der Waals surface area contributed by atoms with E-state index in [0.29, 0.717) is 0 Å². The van der Waals surface area contributed by atoms with Gasteiger partial charge in [0.05, 0.1) is 26.7 Å². The first-order valence-corrected chi connectivity index (χ1v) is 12.1. The largest absolute Gasteiger partial charge is 1.00 e. The van der Waals surface area contributed by atoms with Gasteiger partial charge < -0.3 is 16.9 Å². The molecule has 0 N–H and O–H groups in total. The highest BCUT2D eigenvalue weighted by molar-refractivity contribution is 4.65. The van der Waals surface area contributed by atoms with Gasteiger partial charge in [0.2, 0.25) is 0 Å². The lowest BCUT2D eigenvalue weighted by Gasteiger charge is -2.34. The van der Waals surface area contributed by atoms with E-state index in [1.54, 1.807) is 0 Å². The lowest BCUT2D eigenvalue weighted by Crippen LogP contribution is -3.00. The van der Waals surface area contributed by atoms with Crippen molar-refractivity contribution in [1.82, 2.24) is 0 Å². The Morgan fingerprint density at radius 3 is 1.22 bits per heavy atom. The summed E-state index contributed by atoms with van der Waals surface area (Å²) in [5.41, 5.74) is 0. The van der Waals surface area contributed by atoms with Crippen LogP contribution in [0.4, 0.5) is 0 Å². The molecule has 0 radical (unpaired) electrons. The number of rotatable bonds is 21. The summed E-state index contributed by atoms with van der Waals surface area (Å²) in [6, 6.07) is 0. The Bertz CT molecular complexity index is 270. The van der Waals surface area contributed by atoms with Crippen molar-refractivity contribution in [3.05, 3.63) is 12.7 Å². The van der Waals surface area contributed by atoms with E-state index in [2.05, 4.69) is 33.6 Å². The molecule has 0 atom stereocenters. The summed E-state index contributed by atoms with van der Waals surface area (Å²) in [4.78, 5) is 0. The highest BCUT2D eigenvalue weighted by Gasteiger charge is 2.19. The first kappa shape index (κ1) is 29.2. The first-order valence-electron chi connectivity index (χ1n) is 12.1. The Kier molecular flexibility index (Phi) is 24.1. The molecule has 27 heavy (non-hydrogen) atoms. The van der Waals surface area contributed by atoms with Gasteiger partial charge in [0.15, 0.2) is 0 Å². The van der Waals surface area contributed by atoms with E-state index >= 15 is 0 Å². The average molecular weight is 402 g/mol. The van der Waals surface area contributed by atoms with Crippen LogP contribution in [0.3, 0.4) is 0 Å². The lowest BCUT2D eigenvalue weighted by molar-refractivity contribution is -0.909. The summed E-state index contributed by atoms with van der Waals surface area (Å²) in [6.07, 6.45) is 26.2. The molecule has 0 aromatic heterocycles. The van der Waals surface area contributed by atoms with Gasteiger partial charge in [-0.1, -0.05) is 97.0 Å². The van der Waals surface area contributed by atoms with Crippen LogP contribution >= 0.6 is 0 Å². The molecule has 0 saturated heterocycles. The fourth-order valence-electron chi connectivity index (χ4n) is 3.99. The zero-order valence-electron chi connectivity index (χ0n) is 19.3. The lowest BCUT2D eigenvalue weighted by atomic mass is 10.1. The van der Waals surface area contributed by atoms with Crippen LogP contribution in [0.2, 0.25) is 0 Å². The van der Waals surface area contributed by atoms with Crippen LogP contribution in [0.5, 0.6) is 0 Å². The molecule has 0 aliphatic carbocycles. The molecule has 164 valence electrons. The zero-order chi connectivity index (χ0) is 19.3. The van der Waals surface area contributed by atoms with Crippen molar-refractivity contribution in [1.29, 1.82) is 0 Å². The van der Waals surface area contributed by atoms with E-state index in [9.17, 15) is 0 Å². The molecule has 0 saturated carbocycles. The molecule has 0 unspecified atom stereocenters. The van der Waals surface area contributed by atoms with Crippen molar-refractivity contribution in [2.45, 2.75) is 123 Å². The van der Waals surface area contributed by atoms with E-state index in [1.807, 2.05) is 0 Å². The second-order valence-corrected chi connectivity index (χ2v) is 8.82. The molecule has 0 fully saturated rings. The Morgan fingerprint density at radius 2 is 0.889 bits per heavy atom. The second-order valence-electron chi connectivity index (χ2n) is 8.82. The van der Waals surface area contributed by atoms with Crippen LogP contribution in [0, 0.1) is 0 Å². The maximum Gasteiger partial charge on any atom is 0.0819 e. The minimum atomic E-state index is 0. The molecule has 0 amide bonds. The highest BCUT2D eigenvalue weighted by Crippen LogP contribution is 2.15. The Balaban J connectivity index is 0. The molecule has 0 aromatic carbocycles. The number of hydrogen-bond donors (Lipinski definition) is 0. The fourth-order valence-corrected chi connectivity index (χ4v) is 3.99. The molecule has 0 spiro atoms. The first-order chi connectivity index (χ1) is 12.7. The molecule has 0 bridgehead atoms. The Labute approximate surface area is 179 Å². The maximum absolute atomic E-state index is 3.94. The summed E-state index contributed by atoms with van der Waals surface area (Å²) in [7, 11) is 2.49. The van der Waals surface area contributed by atoms with Gasteiger partial charge in [-0.3, -0.25) is 0 Å². The quantitative estimate of drug-likeness (QED) is 0.139. The van der Waals surface area contributed by atoms with Crippen molar-refractivity contribution in [3.8, 4) is 0 Å². The van der Waals surface area contributed by atoms with E-state index in [-0.39, 0.29) is 12.4 Å². The summed E-state index contributed by atoms with van der Waals surface area (Å²) < 4.78 is 1.28. The summed E-state index contributed by atoms with van der Waals surface area (Å²) in [5, 5.41) is 0. The van der Waals surface area contributed by atoms with Gasteiger partial charge in [-0.05, 0) is 25.7 Å². The van der Waals surface area contributed by atoms with Crippen molar-refractivity contribution in [2.75, 3.05) is 26.7 Å². The van der Waals surface area contributed by atoms with E-state index in [0.717, 1.165) is 0 Å². The van der Waals surface area contributed by atoms with E-state index < -0.39 is 0 Å². The van der Waals surface area contributed by atoms with Gasteiger partial charge in [-0.15, -0.1) is 6.58 Å². The summed E-state index contributed by atoms with van der Waals surface area (Å²) in [6.45, 7) is 12.6. The van der Waals surface area contributed by atoms with E-state index in [1.165, 1.54) is 133 Å².